The molecule has 1 heterocycles. The van der Waals surface area contributed by atoms with Crippen molar-refractivity contribution in [3.05, 3.63) is 21.3 Å². The van der Waals surface area contributed by atoms with E-state index in [1.165, 1.54) is 11.3 Å². The molecule has 0 spiro atoms. The predicted molar refractivity (Wildman–Crippen MR) is 71.6 cm³/mol. The summed E-state index contributed by atoms with van der Waals surface area (Å²) in [4.78, 5) is 12.8. The molecule has 0 aliphatic carbocycles. The molecule has 96 valence electrons. The van der Waals surface area contributed by atoms with Gasteiger partial charge in [-0.15, -0.1) is 11.3 Å². The van der Waals surface area contributed by atoms with Gasteiger partial charge in [-0.1, -0.05) is 18.5 Å². The standard InChI is InChI=1S/C12H18ClNO2S/c1-2-9(7-8-15)14-12(16)6-4-10-3-5-11(13)17-10/h3,5,9,15H,2,4,6-8H2,1H3,(H,14,16). The summed E-state index contributed by atoms with van der Waals surface area (Å²) in [5.41, 5.74) is 0. The fourth-order valence-electron chi connectivity index (χ4n) is 1.56. The minimum absolute atomic E-state index is 0.0369. The summed E-state index contributed by atoms with van der Waals surface area (Å²) in [7, 11) is 0. The van der Waals surface area contributed by atoms with Gasteiger partial charge >= 0.3 is 0 Å². The van der Waals surface area contributed by atoms with E-state index in [9.17, 15) is 4.79 Å². The molecule has 1 amide bonds. The molecule has 1 aromatic rings. The summed E-state index contributed by atoms with van der Waals surface area (Å²) in [6.45, 7) is 2.11. The van der Waals surface area contributed by atoms with Gasteiger partial charge in [0.2, 0.25) is 5.91 Å². The Labute approximate surface area is 111 Å². The van der Waals surface area contributed by atoms with Crippen molar-refractivity contribution in [3.8, 4) is 0 Å². The van der Waals surface area contributed by atoms with Crippen LogP contribution < -0.4 is 5.32 Å². The van der Waals surface area contributed by atoms with Crippen LogP contribution in [0.25, 0.3) is 0 Å². The molecule has 0 saturated heterocycles. The lowest BCUT2D eigenvalue weighted by Crippen LogP contribution is -2.35. The monoisotopic (exact) mass is 275 g/mol. The second-order valence-corrected chi connectivity index (χ2v) is 5.69. The first-order chi connectivity index (χ1) is 8.15. The SMILES string of the molecule is CCC(CCO)NC(=O)CCc1ccc(Cl)s1. The van der Waals surface area contributed by atoms with Crippen molar-refractivity contribution >= 4 is 28.8 Å². The van der Waals surface area contributed by atoms with Crippen LogP contribution in [0.2, 0.25) is 4.34 Å². The van der Waals surface area contributed by atoms with Crippen molar-refractivity contribution in [2.75, 3.05) is 6.61 Å². The minimum Gasteiger partial charge on any atom is -0.396 e. The summed E-state index contributed by atoms with van der Waals surface area (Å²) < 4.78 is 0.757. The fourth-order valence-corrected chi connectivity index (χ4v) is 2.64. The quantitative estimate of drug-likeness (QED) is 0.804. The second-order valence-electron chi connectivity index (χ2n) is 3.89. The molecule has 2 N–H and O–H groups in total. The fraction of sp³-hybridized carbons (Fsp3) is 0.583. The lowest BCUT2D eigenvalue weighted by atomic mass is 10.1. The predicted octanol–water partition coefficient (Wildman–Crippen LogP) is 2.61. The number of hydrogen-bond acceptors (Lipinski definition) is 3. The topological polar surface area (TPSA) is 49.3 Å². The third-order valence-electron chi connectivity index (χ3n) is 2.56. The van der Waals surface area contributed by atoms with Crippen LogP contribution >= 0.6 is 22.9 Å². The van der Waals surface area contributed by atoms with Crippen molar-refractivity contribution < 1.29 is 9.90 Å². The smallest absolute Gasteiger partial charge is 0.220 e. The average molecular weight is 276 g/mol. The summed E-state index contributed by atoms with van der Waals surface area (Å²) >= 11 is 7.32. The summed E-state index contributed by atoms with van der Waals surface area (Å²) in [6, 6.07) is 3.88. The number of carbonyl (C=O) groups excluding carboxylic acids is 1. The van der Waals surface area contributed by atoms with Crippen LogP contribution in [-0.2, 0) is 11.2 Å². The van der Waals surface area contributed by atoms with Crippen molar-refractivity contribution in [1.82, 2.24) is 5.32 Å². The van der Waals surface area contributed by atoms with E-state index in [0.29, 0.717) is 12.8 Å². The number of thiophene rings is 1. The van der Waals surface area contributed by atoms with Gasteiger partial charge in [0.05, 0.1) is 4.34 Å². The van der Waals surface area contributed by atoms with Gasteiger partial charge in [-0.05, 0) is 31.4 Å². The first-order valence-corrected chi connectivity index (χ1v) is 6.99. The average Bonchev–Trinajstić information content (AvgIpc) is 2.72. The third-order valence-corrected chi connectivity index (χ3v) is 3.85. The molecule has 1 unspecified atom stereocenters. The minimum atomic E-state index is 0.0369. The molecule has 3 nitrogen and oxygen atoms in total. The highest BCUT2D eigenvalue weighted by molar-refractivity contribution is 7.16. The number of aliphatic hydroxyl groups excluding tert-OH is 1. The number of halogens is 1. The van der Waals surface area contributed by atoms with Gasteiger partial charge in [0, 0.05) is 23.9 Å². The van der Waals surface area contributed by atoms with Crippen molar-refractivity contribution in [3.63, 3.8) is 0 Å². The Hall–Kier alpha value is -0.580. The lowest BCUT2D eigenvalue weighted by Gasteiger charge is -2.15. The summed E-state index contributed by atoms with van der Waals surface area (Å²) in [6.07, 6.45) is 2.65. The van der Waals surface area contributed by atoms with E-state index in [1.807, 2.05) is 19.1 Å². The van der Waals surface area contributed by atoms with Crippen LogP contribution in [0, 0.1) is 0 Å². The van der Waals surface area contributed by atoms with Gasteiger partial charge < -0.3 is 10.4 Å². The molecule has 0 bridgehead atoms. The maximum absolute atomic E-state index is 11.6. The zero-order valence-electron chi connectivity index (χ0n) is 9.91. The first kappa shape index (κ1) is 14.5. The Bertz CT molecular complexity index is 354. The summed E-state index contributed by atoms with van der Waals surface area (Å²) in [5.74, 6) is 0.0369. The zero-order chi connectivity index (χ0) is 12.7. The molecule has 0 radical (unpaired) electrons. The maximum atomic E-state index is 11.6. The lowest BCUT2D eigenvalue weighted by molar-refractivity contribution is -0.121. The van der Waals surface area contributed by atoms with E-state index < -0.39 is 0 Å². The Morgan fingerprint density at radius 2 is 2.35 bits per heavy atom. The number of rotatable bonds is 7. The molecule has 0 saturated carbocycles. The van der Waals surface area contributed by atoms with Crippen molar-refractivity contribution in [2.24, 2.45) is 0 Å². The Balaban J connectivity index is 2.29. The van der Waals surface area contributed by atoms with E-state index in [0.717, 1.165) is 22.1 Å². The van der Waals surface area contributed by atoms with E-state index in [-0.39, 0.29) is 18.6 Å². The molecule has 0 aromatic carbocycles. The Kier molecular flexibility index (Phi) is 6.55. The molecular formula is C12H18ClNO2S. The first-order valence-electron chi connectivity index (χ1n) is 5.80. The van der Waals surface area contributed by atoms with E-state index in [1.54, 1.807) is 0 Å². The van der Waals surface area contributed by atoms with Gasteiger partial charge in [-0.2, -0.15) is 0 Å². The number of nitrogens with one attached hydrogen (secondary N) is 1. The van der Waals surface area contributed by atoms with Crippen LogP contribution in [0.4, 0.5) is 0 Å². The van der Waals surface area contributed by atoms with E-state index in [4.69, 9.17) is 16.7 Å². The van der Waals surface area contributed by atoms with Crippen LogP contribution in [0.15, 0.2) is 12.1 Å². The Morgan fingerprint density at radius 1 is 1.59 bits per heavy atom. The Morgan fingerprint density at radius 3 is 2.88 bits per heavy atom. The number of carbonyl (C=O) groups is 1. The number of amides is 1. The molecule has 1 rings (SSSR count). The van der Waals surface area contributed by atoms with E-state index >= 15 is 0 Å². The van der Waals surface area contributed by atoms with Crippen molar-refractivity contribution in [2.45, 2.75) is 38.6 Å². The van der Waals surface area contributed by atoms with E-state index in [2.05, 4.69) is 5.32 Å². The summed E-state index contributed by atoms with van der Waals surface area (Å²) in [5, 5.41) is 11.7. The molecule has 0 aliphatic heterocycles. The van der Waals surface area contributed by atoms with Gasteiger partial charge in [-0.25, -0.2) is 0 Å². The number of aryl methyl sites for hydroxylation is 1. The van der Waals surface area contributed by atoms with Gasteiger partial charge in [0.25, 0.3) is 0 Å². The molecule has 0 fully saturated rings. The van der Waals surface area contributed by atoms with Crippen LogP contribution in [0.1, 0.15) is 31.1 Å². The van der Waals surface area contributed by atoms with Crippen molar-refractivity contribution in [1.29, 1.82) is 0 Å². The van der Waals surface area contributed by atoms with Crippen LogP contribution in [0.3, 0.4) is 0 Å². The molecule has 1 atom stereocenters. The molecule has 17 heavy (non-hydrogen) atoms. The second kappa shape index (κ2) is 7.69. The van der Waals surface area contributed by atoms with Crippen LogP contribution in [0.5, 0.6) is 0 Å². The molecule has 1 aromatic heterocycles. The molecule has 5 heteroatoms. The number of hydrogen-bond donors (Lipinski definition) is 2. The molecule has 0 aliphatic rings. The van der Waals surface area contributed by atoms with Gasteiger partial charge in [0.15, 0.2) is 0 Å². The highest BCUT2D eigenvalue weighted by atomic mass is 35.5. The number of aliphatic hydroxyl groups is 1. The largest absolute Gasteiger partial charge is 0.396 e. The normalized spacial score (nSPS) is 12.4. The maximum Gasteiger partial charge on any atom is 0.220 e. The zero-order valence-corrected chi connectivity index (χ0v) is 11.5. The van der Waals surface area contributed by atoms with Gasteiger partial charge in [0.1, 0.15) is 0 Å². The van der Waals surface area contributed by atoms with Crippen LogP contribution in [-0.4, -0.2) is 23.7 Å². The highest BCUT2D eigenvalue weighted by Gasteiger charge is 2.10. The highest BCUT2D eigenvalue weighted by Crippen LogP contribution is 2.22. The third kappa shape index (κ3) is 5.52. The molecular weight excluding hydrogens is 258 g/mol. The van der Waals surface area contributed by atoms with Gasteiger partial charge in [-0.3, -0.25) is 4.79 Å².